The van der Waals surface area contributed by atoms with Gasteiger partial charge in [0.05, 0.1) is 11.1 Å². The second-order valence-corrected chi connectivity index (χ2v) is 5.99. The first kappa shape index (κ1) is 13.7. The van der Waals surface area contributed by atoms with Crippen LogP contribution in [0.4, 0.5) is 4.39 Å². The van der Waals surface area contributed by atoms with Crippen molar-refractivity contribution >= 4 is 10.0 Å². The highest BCUT2D eigenvalue weighted by atomic mass is 32.2. The summed E-state index contributed by atoms with van der Waals surface area (Å²) in [5, 5.41) is 6.53. The number of rotatable bonds is 4. The third-order valence-electron chi connectivity index (χ3n) is 2.83. The molecule has 0 aliphatic heterocycles. The molecular formula is C12H14FN3O2S. The molecule has 19 heavy (non-hydrogen) atoms. The number of hydrogen-bond donors (Lipinski definition) is 2. The molecule has 0 aliphatic rings. The van der Waals surface area contributed by atoms with Crippen molar-refractivity contribution in [1.82, 2.24) is 14.9 Å². The molecule has 2 aromatic rings. The van der Waals surface area contributed by atoms with Gasteiger partial charge in [-0.15, -0.1) is 0 Å². The van der Waals surface area contributed by atoms with Crippen molar-refractivity contribution in [1.29, 1.82) is 0 Å². The van der Waals surface area contributed by atoms with Gasteiger partial charge < -0.3 is 0 Å². The maximum absolute atomic E-state index is 13.1. The Morgan fingerprint density at radius 2 is 2.11 bits per heavy atom. The van der Waals surface area contributed by atoms with Gasteiger partial charge in [0.25, 0.3) is 0 Å². The van der Waals surface area contributed by atoms with Crippen LogP contribution in [0, 0.1) is 19.7 Å². The highest BCUT2D eigenvalue weighted by Gasteiger charge is 2.17. The zero-order valence-electron chi connectivity index (χ0n) is 10.6. The highest BCUT2D eigenvalue weighted by molar-refractivity contribution is 7.89. The number of aromatic amines is 1. The van der Waals surface area contributed by atoms with Gasteiger partial charge in [0.2, 0.25) is 10.0 Å². The molecule has 0 radical (unpaired) electrons. The molecule has 0 unspecified atom stereocenters. The van der Waals surface area contributed by atoms with Gasteiger partial charge in [0.15, 0.2) is 0 Å². The Bertz CT molecular complexity index is 695. The maximum Gasteiger partial charge on any atom is 0.241 e. The van der Waals surface area contributed by atoms with E-state index in [0.717, 1.165) is 17.3 Å². The van der Waals surface area contributed by atoms with Gasteiger partial charge in [-0.1, -0.05) is 6.07 Å². The van der Waals surface area contributed by atoms with E-state index in [1.165, 1.54) is 12.1 Å². The van der Waals surface area contributed by atoms with Crippen LogP contribution in [-0.4, -0.2) is 18.6 Å². The number of aromatic nitrogens is 2. The first-order valence-electron chi connectivity index (χ1n) is 5.65. The van der Waals surface area contributed by atoms with Crippen LogP contribution in [-0.2, 0) is 16.6 Å². The van der Waals surface area contributed by atoms with Crippen molar-refractivity contribution in [2.24, 2.45) is 0 Å². The Morgan fingerprint density at radius 1 is 1.37 bits per heavy atom. The molecule has 2 N–H and O–H groups in total. The van der Waals surface area contributed by atoms with Crippen molar-refractivity contribution in [3.05, 3.63) is 47.0 Å². The normalized spacial score (nSPS) is 11.7. The summed E-state index contributed by atoms with van der Waals surface area (Å²) in [6, 6.07) is 3.68. The predicted molar refractivity (Wildman–Crippen MR) is 68.5 cm³/mol. The summed E-state index contributed by atoms with van der Waals surface area (Å²) in [5.41, 5.74) is 2.04. The summed E-state index contributed by atoms with van der Waals surface area (Å²) in [6.45, 7) is 3.53. The van der Waals surface area contributed by atoms with Gasteiger partial charge in [-0.3, -0.25) is 5.10 Å². The van der Waals surface area contributed by atoms with Crippen molar-refractivity contribution in [2.45, 2.75) is 25.3 Å². The second-order valence-electron chi connectivity index (χ2n) is 4.25. The van der Waals surface area contributed by atoms with Crippen molar-refractivity contribution < 1.29 is 12.8 Å². The molecule has 102 valence electrons. The van der Waals surface area contributed by atoms with Crippen LogP contribution in [0.1, 0.15) is 16.8 Å². The Labute approximate surface area is 110 Å². The van der Waals surface area contributed by atoms with Crippen molar-refractivity contribution in [3.8, 4) is 0 Å². The lowest BCUT2D eigenvalue weighted by Gasteiger charge is -2.09. The molecular weight excluding hydrogens is 269 g/mol. The first-order chi connectivity index (χ1) is 8.90. The molecule has 5 nitrogen and oxygen atoms in total. The van der Waals surface area contributed by atoms with Gasteiger partial charge in [-0.25, -0.2) is 17.5 Å². The van der Waals surface area contributed by atoms with Gasteiger partial charge in [-0.05, 0) is 31.5 Å². The number of H-pyrrole nitrogens is 1. The first-order valence-corrected chi connectivity index (χ1v) is 7.13. The quantitative estimate of drug-likeness (QED) is 0.895. The van der Waals surface area contributed by atoms with Crippen molar-refractivity contribution in [2.75, 3.05) is 0 Å². The molecule has 2 rings (SSSR count). The lowest BCUT2D eigenvalue weighted by molar-refractivity contribution is 0.576. The fraction of sp³-hybridized carbons (Fsp3) is 0.250. The molecule has 0 aliphatic carbocycles. The lowest BCUT2D eigenvalue weighted by Crippen LogP contribution is -2.24. The third kappa shape index (κ3) is 2.99. The average Bonchev–Trinajstić information content (AvgIpc) is 2.75. The molecule has 0 saturated carbocycles. The van der Waals surface area contributed by atoms with Crippen LogP contribution < -0.4 is 4.72 Å². The topological polar surface area (TPSA) is 74.8 Å². The summed E-state index contributed by atoms with van der Waals surface area (Å²) in [7, 11) is -3.74. The van der Waals surface area contributed by atoms with Crippen LogP contribution in [0.3, 0.4) is 0 Å². The van der Waals surface area contributed by atoms with E-state index in [1.807, 2.05) is 0 Å². The summed E-state index contributed by atoms with van der Waals surface area (Å²) in [4.78, 5) is -0.0475. The van der Waals surface area contributed by atoms with Gasteiger partial charge >= 0.3 is 0 Å². The van der Waals surface area contributed by atoms with Crippen LogP contribution in [0.5, 0.6) is 0 Å². The zero-order valence-corrected chi connectivity index (χ0v) is 11.4. The van der Waals surface area contributed by atoms with Gasteiger partial charge in [0.1, 0.15) is 5.82 Å². The molecule has 0 spiro atoms. The summed E-state index contributed by atoms with van der Waals surface area (Å²) < 4.78 is 39.8. The van der Waals surface area contributed by atoms with Gasteiger partial charge in [-0.2, -0.15) is 5.10 Å². The van der Waals surface area contributed by atoms with E-state index < -0.39 is 15.8 Å². The zero-order chi connectivity index (χ0) is 14.0. The monoisotopic (exact) mass is 283 g/mol. The standard InChI is InChI=1S/C12H14FN3O2S/c1-8-3-4-11(13)5-12(8)19(17,18)15-7-10-6-14-16-9(10)2/h3-6,15H,7H2,1-2H3,(H,14,16). The van der Waals surface area contributed by atoms with E-state index >= 15 is 0 Å². The van der Waals surface area contributed by atoms with E-state index in [0.29, 0.717) is 5.56 Å². The minimum atomic E-state index is -3.74. The predicted octanol–water partition coefficient (Wildman–Crippen LogP) is 1.64. The summed E-state index contributed by atoms with van der Waals surface area (Å²) >= 11 is 0. The van der Waals surface area contributed by atoms with Gasteiger partial charge in [0, 0.05) is 17.8 Å². The minimum Gasteiger partial charge on any atom is -0.283 e. The number of sulfonamides is 1. The Kier molecular flexibility index (Phi) is 3.68. The Balaban J connectivity index is 2.23. The van der Waals surface area contributed by atoms with Crippen LogP contribution in [0.25, 0.3) is 0 Å². The van der Waals surface area contributed by atoms with Crippen molar-refractivity contribution in [3.63, 3.8) is 0 Å². The number of nitrogens with one attached hydrogen (secondary N) is 2. The van der Waals surface area contributed by atoms with E-state index in [1.54, 1.807) is 20.0 Å². The molecule has 0 amide bonds. The SMILES string of the molecule is Cc1ccc(F)cc1S(=O)(=O)NCc1cn[nH]c1C. The minimum absolute atomic E-state index is 0.0475. The smallest absolute Gasteiger partial charge is 0.241 e. The van der Waals surface area contributed by atoms with E-state index in [-0.39, 0.29) is 11.4 Å². The molecule has 0 saturated heterocycles. The summed E-state index contributed by atoms with van der Waals surface area (Å²) in [5.74, 6) is -0.578. The molecule has 1 heterocycles. The molecule has 1 aromatic heterocycles. The molecule has 0 fully saturated rings. The number of halogens is 1. The third-order valence-corrected chi connectivity index (χ3v) is 4.37. The fourth-order valence-corrected chi connectivity index (χ4v) is 2.93. The number of aryl methyl sites for hydroxylation is 2. The summed E-state index contributed by atoms with van der Waals surface area (Å²) in [6.07, 6.45) is 1.55. The van der Waals surface area contributed by atoms with Crippen LogP contribution in [0.15, 0.2) is 29.3 Å². The highest BCUT2D eigenvalue weighted by Crippen LogP contribution is 2.16. The molecule has 0 bridgehead atoms. The van der Waals surface area contributed by atoms with Crippen LogP contribution in [0.2, 0.25) is 0 Å². The van der Waals surface area contributed by atoms with E-state index in [4.69, 9.17) is 0 Å². The van der Waals surface area contributed by atoms with Crippen LogP contribution >= 0.6 is 0 Å². The number of benzene rings is 1. The van der Waals surface area contributed by atoms with E-state index in [9.17, 15) is 12.8 Å². The largest absolute Gasteiger partial charge is 0.283 e. The second kappa shape index (κ2) is 5.10. The Hall–Kier alpha value is -1.73. The van der Waals surface area contributed by atoms with E-state index in [2.05, 4.69) is 14.9 Å². The maximum atomic E-state index is 13.1. The molecule has 1 aromatic carbocycles. The Morgan fingerprint density at radius 3 is 2.74 bits per heavy atom. The average molecular weight is 283 g/mol. The number of hydrogen-bond acceptors (Lipinski definition) is 3. The fourth-order valence-electron chi connectivity index (χ4n) is 1.67. The lowest BCUT2D eigenvalue weighted by atomic mass is 10.2. The molecule has 0 atom stereocenters. The molecule has 7 heteroatoms. The number of nitrogens with zero attached hydrogens (tertiary/aromatic N) is 1.